The van der Waals surface area contributed by atoms with E-state index < -0.39 is 0 Å². The van der Waals surface area contributed by atoms with Crippen LogP contribution in [0.4, 0.5) is 0 Å². The van der Waals surface area contributed by atoms with E-state index in [9.17, 15) is 0 Å². The third-order valence-electron chi connectivity index (χ3n) is 0.371. The maximum Gasteiger partial charge on any atom is 0.183 e. The van der Waals surface area contributed by atoms with Crippen molar-refractivity contribution in [1.29, 1.82) is 0 Å². The van der Waals surface area contributed by atoms with Gasteiger partial charge in [0.1, 0.15) is 0 Å². The molecule has 0 saturated carbocycles. The molecule has 1 heterocycles. The molecule has 0 amide bonds. The van der Waals surface area contributed by atoms with E-state index in [1.807, 2.05) is 0 Å². The summed E-state index contributed by atoms with van der Waals surface area (Å²) in [6, 6.07) is 0. The second-order valence-corrected chi connectivity index (χ2v) is 2.71. The Balaban J connectivity index is 2.26. The van der Waals surface area contributed by atoms with Crippen LogP contribution in [0.15, 0.2) is 4.99 Å². The maximum atomic E-state index is 3.73. The van der Waals surface area contributed by atoms with E-state index >= 15 is 0 Å². The smallest absolute Gasteiger partial charge is 0.183 e. The first kappa shape index (κ1) is 4.53. The summed E-state index contributed by atoms with van der Waals surface area (Å²) in [4.78, 5) is 3.73. The van der Waals surface area contributed by atoms with Gasteiger partial charge in [-0.1, -0.05) is 0 Å². The fourth-order valence-electron chi connectivity index (χ4n) is 0.187. The van der Waals surface area contributed by atoms with Crippen molar-refractivity contribution in [2.24, 2.45) is 4.99 Å². The minimum absolute atomic E-state index is 1.07. The van der Waals surface area contributed by atoms with E-state index in [4.69, 9.17) is 0 Å². The highest BCUT2D eigenvalue weighted by molar-refractivity contribution is 8.24. The van der Waals surface area contributed by atoms with Crippen LogP contribution in [0.5, 0.6) is 0 Å². The number of aliphatic imine (C=N–C) groups is 1. The highest BCUT2D eigenvalue weighted by atomic mass is 32.2. The van der Waals surface area contributed by atoms with E-state index in [-0.39, 0.29) is 0 Å². The second-order valence-electron chi connectivity index (χ2n) is 0.755. The van der Waals surface area contributed by atoms with Gasteiger partial charge in [0.15, 0.2) is 5.88 Å². The van der Waals surface area contributed by atoms with Crippen LogP contribution >= 0.6 is 23.5 Å². The molecule has 0 aromatic carbocycles. The Hall–Kier alpha value is 0.370. The molecule has 0 saturated heterocycles. The molecule has 0 atom stereocenters. The fourth-order valence-corrected chi connectivity index (χ4v) is 1.23. The molecule has 1 nitrogen and oxygen atoms in total. The van der Waals surface area contributed by atoms with E-state index in [1.54, 1.807) is 29.1 Å². The molecule has 32 valence electrons. The quantitative estimate of drug-likeness (QED) is 0.476. The van der Waals surface area contributed by atoms with Gasteiger partial charge >= 0.3 is 0 Å². The number of rotatable bonds is 0. The third-order valence-corrected chi connectivity index (χ3v) is 1.88. The van der Waals surface area contributed by atoms with Crippen LogP contribution < -0.4 is 0 Å². The molecular formula is C3H3NS2. The van der Waals surface area contributed by atoms with E-state index in [1.165, 1.54) is 0 Å². The normalized spacial score (nSPS) is 21.3. The van der Waals surface area contributed by atoms with Gasteiger partial charge in [-0.15, -0.1) is 23.5 Å². The molecular weight excluding hydrogens is 114 g/mol. The zero-order valence-electron chi connectivity index (χ0n) is 3.05. The topological polar surface area (TPSA) is 12.4 Å². The predicted octanol–water partition coefficient (Wildman–Crippen LogP) is 1.45. The first-order valence-corrected chi connectivity index (χ1v) is 3.53. The van der Waals surface area contributed by atoms with Crippen LogP contribution in [0, 0.1) is 5.88 Å². The Morgan fingerprint density at radius 3 is 3.00 bits per heavy atom. The van der Waals surface area contributed by atoms with Crippen LogP contribution in [-0.4, -0.2) is 10.6 Å². The maximum absolute atomic E-state index is 3.73. The summed E-state index contributed by atoms with van der Waals surface area (Å²) in [5.41, 5.74) is 1.80. The van der Waals surface area contributed by atoms with Gasteiger partial charge in [-0.3, -0.25) is 4.99 Å². The molecule has 0 unspecified atom stereocenters. The summed E-state index contributed by atoms with van der Waals surface area (Å²) in [7, 11) is 0. The molecule has 0 N–H and O–H groups in total. The Morgan fingerprint density at radius 2 is 2.83 bits per heavy atom. The molecule has 0 fully saturated rings. The standard InChI is InChI=1S/C3H3NS2/c1-4-2-6-3-5-1/h1H,3H2. The molecule has 0 aromatic rings. The van der Waals surface area contributed by atoms with Gasteiger partial charge in [-0.25, -0.2) is 0 Å². The van der Waals surface area contributed by atoms with Gasteiger partial charge in [0, 0.05) is 5.08 Å². The number of thioether (sulfide) groups is 2. The van der Waals surface area contributed by atoms with E-state index in [0.717, 1.165) is 5.08 Å². The monoisotopic (exact) mass is 117 g/mol. The highest BCUT2D eigenvalue weighted by Gasteiger charge is 1.90. The lowest BCUT2D eigenvalue weighted by Gasteiger charge is -1.95. The van der Waals surface area contributed by atoms with Crippen LogP contribution in [0.3, 0.4) is 0 Å². The molecule has 1 aliphatic heterocycles. The molecule has 0 aliphatic carbocycles. The van der Waals surface area contributed by atoms with Gasteiger partial charge in [0.05, 0.1) is 5.55 Å². The lowest BCUT2D eigenvalue weighted by molar-refractivity contribution is 1.58. The summed E-state index contributed by atoms with van der Waals surface area (Å²) in [6.07, 6.45) is 0. The molecule has 0 bridgehead atoms. The zero-order valence-corrected chi connectivity index (χ0v) is 4.68. The first-order chi connectivity index (χ1) is 3.00. The van der Waals surface area contributed by atoms with Gasteiger partial charge in [0.2, 0.25) is 0 Å². The highest BCUT2D eigenvalue weighted by Crippen LogP contribution is 2.17. The van der Waals surface area contributed by atoms with Crippen LogP contribution in [-0.2, 0) is 0 Å². The predicted molar refractivity (Wildman–Crippen MR) is 31.8 cm³/mol. The zero-order chi connectivity index (χ0) is 4.24. The van der Waals surface area contributed by atoms with Crippen LogP contribution in [0.1, 0.15) is 0 Å². The first-order valence-electron chi connectivity index (χ1n) is 1.50. The SMILES string of the molecule is [C]1N=CSCS1. The van der Waals surface area contributed by atoms with E-state index in [2.05, 4.69) is 10.9 Å². The summed E-state index contributed by atoms with van der Waals surface area (Å²) in [6.45, 7) is 0. The van der Waals surface area contributed by atoms with Gasteiger partial charge < -0.3 is 0 Å². The van der Waals surface area contributed by atoms with Crippen molar-refractivity contribution >= 4 is 29.1 Å². The lowest BCUT2D eigenvalue weighted by Crippen LogP contribution is -1.75. The van der Waals surface area contributed by atoms with Crippen molar-refractivity contribution in [3.63, 3.8) is 0 Å². The van der Waals surface area contributed by atoms with Crippen molar-refractivity contribution < 1.29 is 0 Å². The molecule has 3 heteroatoms. The van der Waals surface area contributed by atoms with E-state index in [0.29, 0.717) is 0 Å². The fraction of sp³-hybridized carbons (Fsp3) is 0.333. The number of hydrogen-bond acceptors (Lipinski definition) is 3. The third kappa shape index (κ3) is 1.22. The average molecular weight is 117 g/mol. The Labute approximate surface area is 45.6 Å². The minimum atomic E-state index is 1.07. The second kappa shape index (κ2) is 2.53. The van der Waals surface area contributed by atoms with Crippen LogP contribution in [0.2, 0.25) is 0 Å². The molecule has 2 radical (unpaired) electrons. The molecule has 1 aliphatic rings. The minimum Gasteiger partial charge on any atom is -0.261 e. The van der Waals surface area contributed by atoms with Crippen molar-refractivity contribution in [2.75, 3.05) is 5.08 Å². The summed E-state index contributed by atoms with van der Waals surface area (Å²) >= 11 is 3.31. The average Bonchev–Trinajstić information content (AvgIpc) is 1.72. The van der Waals surface area contributed by atoms with Gasteiger partial charge in [0.25, 0.3) is 0 Å². The lowest BCUT2D eigenvalue weighted by atomic mass is 11.4. The van der Waals surface area contributed by atoms with Crippen LogP contribution in [0.25, 0.3) is 0 Å². The summed E-state index contributed by atoms with van der Waals surface area (Å²) in [5.74, 6) is 2.75. The Kier molecular flexibility index (Phi) is 1.91. The molecule has 0 aromatic heterocycles. The van der Waals surface area contributed by atoms with Crippen molar-refractivity contribution in [1.82, 2.24) is 0 Å². The van der Waals surface area contributed by atoms with Gasteiger partial charge in [-0.2, -0.15) is 0 Å². The number of hydrogen-bond donors (Lipinski definition) is 0. The molecule has 1 rings (SSSR count). The van der Waals surface area contributed by atoms with Crippen molar-refractivity contribution in [2.45, 2.75) is 0 Å². The molecule has 6 heavy (non-hydrogen) atoms. The number of nitrogens with zero attached hydrogens (tertiary/aromatic N) is 1. The van der Waals surface area contributed by atoms with Crippen molar-refractivity contribution in [3.05, 3.63) is 5.88 Å². The molecule has 0 spiro atoms. The summed E-state index contributed by atoms with van der Waals surface area (Å²) in [5, 5.41) is 1.07. The van der Waals surface area contributed by atoms with Gasteiger partial charge in [-0.05, 0) is 0 Å². The summed E-state index contributed by atoms with van der Waals surface area (Å²) < 4.78 is 0. The largest absolute Gasteiger partial charge is 0.261 e. The Bertz CT molecular complexity index is 53.8. The Morgan fingerprint density at radius 1 is 1.83 bits per heavy atom. The van der Waals surface area contributed by atoms with Crippen molar-refractivity contribution in [3.8, 4) is 0 Å².